The van der Waals surface area contributed by atoms with E-state index in [1.165, 1.54) is 12.1 Å². The van der Waals surface area contributed by atoms with E-state index in [0.29, 0.717) is 32.8 Å². The molecule has 2 saturated heterocycles. The third-order valence-corrected chi connectivity index (χ3v) is 4.69. The zero-order valence-electron chi connectivity index (χ0n) is 14.2. The molecule has 2 aliphatic heterocycles. The van der Waals surface area contributed by atoms with Gasteiger partial charge in [0.15, 0.2) is 0 Å². The van der Waals surface area contributed by atoms with Gasteiger partial charge in [-0.25, -0.2) is 4.39 Å². The van der Waals surface area contributed by atoms with Crippen LogP contribution in [0, 0.1) is 11.7 Å². The normalized spacial score (nSPS) is 21.8. The first kappa shape index (κ1) is 17.8. The Kier molecular flexibility index (Phi) is 5.99. The summed E-state index contributed by atoms with van der Waals surface area (Å²) in [6.07, 6.45) is 1.73. The van der Waals surface area contributed by atoms with Crippen molar-refractivity contribution in [1.29, 1.82) is 0 Å². The smallest absolute Gasteiger partial charge is 0.238 e. The summed E-state index contributed by atoms with van der Waals surface area (Å²) < 4.78 is 18.9. The average molecular weight is 349 g/mol. The molecule has 3 rings (SSSR count). The van der Waals surface area contributed by atoms with E-state index in [2.05, 4.69) is 5.32 Å². The van der Waals surface area contributed by atoms with E-state index in [4.69, 9.17) is 4.74 Å². The van der Waals surface area contributed by atoms with Crippen LogP contribution in [0.5, 0.6) is 0 Å². The number of carbonyl (C=O) groups is 2. The molecule has 25 heavy (non-hydrogen) atoms. The maximum absolute atomic E-state index is 13.6. The molecule has 1 aromatic rings. The number of piperidine rings is 1. The summed E-state index contributed by atoms with van der Waals surface area (Å²) >= 11 is 0. The summed E-state index contributed by atoms with van der Waals surface area (Å²) in [5.74, 6) is -0.630. The Morgan fingerprint density at radius 3 is 2.72 bits per heavy atom. The Labute approximate surface area is 146 Å². The highest BCUT2D eigenvalue weighted by molar-refractivity contribution is 5.92. The second-order valence-electron chi connectivity index (χ2n) is 6.54. The molecule has 0 saturated carbocycles. The van der Waals surface area contributed by atoms with E-state index < -0.39 is 5.82 Å². The molecule has 0 aliphatic carbocycles. The van der Waals surface area contributed by atoms with Gasteiger partial charge in [-0.05, 0) is 31.5 Å². The number of para-hydroxylation sites is 1. The van der Waals surface area contributed by atoms with Gasteiger partial charge in [0.25, 0.3) is 0 Å². The number of anilines is 1. The number of hydrogen-bond acceptors (Lipinski definition) is 4. The van der Waals surface area contributed by atoms with Crippen molar-refractivity contribution in [1.82, 2.24) is 9.80 Å². The molecule has 2 aliphatic rings. The van der Waals surface area contributed by atoms with Crippen LogP contribution >= 0.6 is 0 Å². The van der Waals surface area contributed by atoms with Crippen molar-refractivity contribution in [3.05, 3.63) is 30.1 Å². The molecule has 136 valence electrons. The third kappa shape index (κ3) is 4.76. The average Bonchev–Trinajstić information content (AvgIpc) is 2.64. The van der Waals surface area contributed by atoms with Gasteiger partial charge >= 0.3 is 0 Å². The van der Waals surface area contributed by atoms with Crippen LogP contribution in [0.15, 0.2) is 24.3 Å². The highest BCUT2D eigenvalue weighted by Crippen LogP contribution is 2.20. The van der Waals surface area contributed by atoms with E-state index in [0.717, 1.165) is 19.4 Å². The molecule has 2 amide bonds. The van der Waals surface area contributed by atoms with Gasteiger partial charge < -0.3 is 15.0 Å². The fraction of sp³-hybridized carbons (Fsp3) is 0.556. The van der Waals surface area contributed by atoms with Gasteiger partial charge in [0.2, 0.25) is 11.8 Å². The highest BCUT2D eigenvalue weighted by atomic mass is 19.1. The third-order valence-electron chi connectivity index (χ3n) is 4.69. The fourth-order valence-corrected chi connectivity index (χ4v) is 3.40. The van der Waals surface area contributed by atoms with Crippen LogP contribution < -0.4 is 5.32 Å². The Balaban J connectivity index is 1.51. The summed E-state index contributed by atoms with van der Waals surface area (Å²) in [6, 6.07) is 6.11. The fourth-order valence-electron chi connectivity index (χ4n) is 3.40. The minimum Gasteiger partial charge on any atom is -0.378 e. The van der Waals surface area contributed by atoms with E-state index >= 15 is 0 Å². The number of benzene rings is 1. The number of rotatable bonds is 4. The molecule has 0 bridgehead atoms. The van der Waals surface area contributed by atoms with Crippen LogP contribution in [0.4, 0.5) is 10.1 Å². The van der Waals surface area contributed by atoms with Crippen LogP contribution in [0.3, 0.4) is 0 Å². The number of nitrogens with one attached hydrogen (secondary N) is 1. The molecule has 1 unspecified atom stereocenters. The van der Waals surface area contributed by atoms with Crippen molar-refractivity contribution in [2.75, 3.05) is 51.3 Å². The minimum atomic E-state index is -0.449. The number of likely N-dealkylation sites (tertiary alicyclic amines) is 1. The van der Waals surface area contributed by atoms with Gasteiger partial charge in [-0.3, -0.25) is 14.5 Å². The van der Waals surface area contributed by atoms with Crippen molar-refractivity contribution in [2.45, 2.75) is 12.8 Å². The Morgan fingerprint density at radius 1 is 1.20 bits per heavy atom. The molecule has 0 spiro atoms. The van der Waals surface area contributed by atoms with Crippen molar-refractivity contribution < 1.29 is 18.7 Å². The van der Waals surface area contributed by atoms with Crippen molar-refractivity contribution in [3.8, 4) is 0 Å². The van der Waals surface area contributed by atoms with Crippen LogP contribution in [0.1, 0.15) is 12.8 Å². The topological polar surface area (TPSA) is 61.9 Å². The molecule has 0 radical (unpaired) electrons. The SMILES string of the molecule is O=C(CN1CCCC(C(=O)N2CCOCC2)C1)Nc1ccccc1F. The van der Waals surface area contributed by atoms with Gasteiger partial charge in [-0.1, -0.05) is 12.1 Å². The van der Waals surface area contributed by atoms with E-state index in [9.17, 15) is 14.0 Å². The zero-order chi connectivity index (χ0) is 17.6. The molecular weight excluding hydrogens is 325 g/mol. The lowest BCUT2D eigenvalue weighted by Gasteiger charge is -2.35. The Bertz CT molecular complexity index is 619. The minimum absolute atomic E-state index is 0.0758. The van der Waals surface area contributed by atoms with E-state index in [1.54, 1.807) is 12.1 Å². The van der Waals surface area contributed by atoms with Crippen molar-refractivity contribution >= 4 is 17.5 Å². The first-order chi connectivity index (χ1) is 12.1. The second-order valence-corrected chi connectivity index (χ2v) is 6.54. The van der Waals surface area contributed by atoms with E-state index in [-0.39, 0.29) is 30.0 Å². The largest absolute Gasteiger partial charge is 0.378 e. The Morgan fingerprint density at radius 2 is 1.96 bits per heavy atom. The van der Waals surface area contributed by atoms with Gasteiger partial charge in [0.05, 0.1) is 31.4 Å². The molecule has 0 aromatic heterocycles. The second kappa shape index (κ2) is 8.40. The van der Waals surface area contributed by atoms with Crippen LogP contribution in [0.2, 0.25) is 0 Å². The first-order valence-corrected chi connectivity index (χ1v) is 8.77. The maximum Gasteiger partial charge on any atom is 0.238 e. The number of hydrogen-bond donors (Lipinski definition) is 1. The van der Waals surface area contributed by atoms with Gasteiger partial charge in [-0.2, -0.15) is 0 Å². The van der Waals surface area contributed by atoms with Gasteiger partial charge in [0.1, 0.15) is 5.82 Å². The first-order valence-electron chi connectivity index (χ1n) is 8.77. The number of nitrogens with zero attached hydrogens (tertiary/aromatic N) is 2. The molecule has 2 fully saturated rings. The summed E-state index contributed by atoms with van der Waals surface area (Å²) in [7, 11) is 0. The quantitative estimate of drug-likeness (QED) is 0.891. The molecule has 2 heterocycles. The predicted molar refractivity (Wildman–Crippen MR) is 91.6 cm³/mol. The predicted octanol–water partition coefficient (Wildman–Crippen LogP) is 1.34. The number of morpholine rings is 1. The molecule has 7 heteroatoms. The van der Waals surface area contributed by atoms with E-state index in [1.807, 2.05) is 9.80 Å². The standard InChI is InChI=1S/C18H24FN3O3/c19-15-5-1-2-6-16(15)20-17(23)13-21-7-3-4-14(12-21)18(24)22-8-10-25-11-9-22/h1-2,5-6,14H,3-4,7-13H2,(H,20,23). The van der Waals surface area contributed by atoms with Gasteiger partial charge in [0, 0.05) is 19.6 Å². The van der Waals surface area contributed by atoms with Crippen LogP contribution in [-0.4, -0.2) is 67.6 Å². The molecule has 1 aromatic carbocycles. The maximum atomic E-state index is 13.6. The molecular formula is C18H24FN3O3. The van der Waals surface area contributed by atoms with Crippen molar-refractivity contribution in [2.24, 2.45) is 5.92 Å². The number of amides is 2. The molecule has 1 atom stereocenters. The monoisotopic (exact) mass is 349 g/mol. The summed E-state index contributed by atoms with van der Waals surface area (Å²) in [5, 5.41) is 2.60. The van der Waals surface area contributed by atoms with Crippen molar-refractivity contribution in [3.63, 3.8) is 0 Å². The van der Waals surface area contributed by atoms with Gasteiger partial charge in [-0.15, -0.1) is 0 Å². The zero-order valence-corrected chi connectivity index (χ0v) is 14.2. The lowest BCUT2D eigenvalue weighted by molar-refractivity contribution is -0.141. The van der Waals surface area contributed by atoms with Crippen LogP contribution in [-0.2, 0) is 14.3 Å². The molecule has 6 nitrogen and oxygen atoms in total. The molecule has 1 N–H and O–H groups in total. The number of carbonyl (C=O) groups excluding carboxylic acids is 2. The van der Waals surface area contributed by atoms with Crippen LogP contribution in [0.25, 0.3) is 0 Å². The highest BCUT2D eigenvalue weighted by Gasteiger charge is 2.30. The number of halogens is 1. The Hall–Kier alpha value is -1.99. The number of ether oxygens (including phenoxy) is 1. The lowest BCUT2D eigenvalue weighted by atomic mass is 9.96. The summed E-state index contributed by atoms with van der Waals surface area (Å²) in [4.78, 5) is 28.6. The summed E-state index contributed by atoms with van der Waals surface area (Å²) in [6.45, 7) is 3.98. The summed E-state index contributed by atoms with van der Waals surface area (Å²) in [5.41, 5.74) is 0.186. The lowest BCUT2D eigenvalue weighted by Crippen LogP contribution is -2.49.